The van der Waals surface area contributed by atoms with E-state index in [2.05, 4.69) is 16.4 Å². The number of rotatable bonds is 4. The normalized spacial score (nSPS) is 11.6. The summed E-state index contributed by atoms with van der Waals surface area (Å²) in [6.07, 6.45) is 1.70. The fourth-order valence-corrected chi connectivity index (χ4v) is 1.68. The summed E-state index contributed by atoms with van der Waals surface area (Å²) >= 11 is 0. The Labute approximate surface area is 112 Å². The summed E-state index contributed by atoms with van der Waals surface area (Å²) < 4.78 is 5.77. The standard InChI is InChI=1S/C15H15N3O/c1-11(17-2)14-4-3-9-18-15(14)19-13-7-5-12(10-16)6-8-13/h3-9,11,17H,1-2H3. The zero-order valence-electron chi connectivity index (χ0n) is 10.9. The van der Waals surface area contributed by atoms with Gasteiger partial charge in [-0.1, -0.05) is 6.07 Å². The first-order valence-corrected chi connectivity index (χ1v) is 6.05. The third-order valence-corrected chi connectivity index (χ3v) is 2.90. The average molecular weight is 253 g/mol. The van der Waals surface area contributed by atoms with Gasteiger partial charge in [-0.25, -0.2) is 4.98 Å². The van der Waals surface area contributed by atoms with Gasteiger partial charge in [0.1, 0.15) is 5.75 Å². The van der Waals surface area contributed by atoms with E-state index in [-0.39, 0.29) is 6.04 Å². The Bertz CT molecular complexity index is 587. The highest BCUT2D eigenvalue weighted by Gasteiger charge is 2.11. The van der Waals surface area contributed by atoms with Gasteiger partial charge >= 0.3 is 0 Å². The predicted octanol–water partition coefficient (Wildman–Crippen LogP) is 3.03. The summed E-state index contributed by atoms with van der Waals surface area (Å²) in [4.78, 5) is 4.26. The first kappa shape index (κ1) is 13.1. The molecule has 2 aromatic rings. The molecule has 0 aliphatic heterocycles. The van der Waals surface area contributed by atoms with Crippen LogP contribution in [-0.2, 0) is 0 Å². The van der Waals surface area contributed by atoms with E-state index < -0.39 is 0 Å². The Morgan fingerprint density at radius 2 is 2.00 bits per heavy atom. The van der Waals surface area contributed by atoms with Crippen molar-refractivity contribution in [3.8, 4) is 17.7 Å². The van der Waals surface area contributed by atoms with Crippen LogP contribution in [0.3, 0.4) is 0 Å². The number of nitrogens with one attached hydrogen (secondary N) is 1. The molecule has 0 radical (unpaired) electrons. The van der Waals surface area contributed by atoms with Crippen LogP contribution < -0.4 is 10.1 Å². The first-order valence-electron chi connectivity index (χ1n) is 6.05. The van der Waals surface area contributed by atoms with Crippen molar-refractivity contribution in [2.24, 2.45) is 0 Å². The minimum absolute atomic E-state index is 0.155. The third kappa shape index (κ3) is 3.09. The molecular formula is C15H15N3O. The molecule has 0 saturated carbocycles. The van der Waals surface area contributed by atoms with Crippen molar-refractivity contribution < 1.29 is 4.74 Å². The second-order valence-corrected chi connectivity index (χ2v) is 4.15. The van der Waals surface area contributed by atoms with E-state index >= 15 is 0 Å². The van der Waals surface area contributed by atoms with E-state index in [1.807, 2.05) is 26.1 Å². The SMILES string of the molecule is CNC(C)c1cccnc1Oc1ccc(C#N)cc1. The number of nitriles is 1. The topological polar surface area (TPSA) is 57.9 Å². The Balaban J connectivity index is 2.25. The monoisotopic (exact) mass is 253 g/mol. The molecule has 1 atom stereocenters. The summed E-state index contributed by atoms with van der Waals surface area (Å²) in [5.41, 5.74) is 1.60. The van der Waals surface area contributed by atoms with E-state index in [1.165, 1.54) is 0 Å². The molecule has 1 aromatic carbocycles. The van der Waals surface area contributed by atoms with Gasteiger partial charge in [0.15, 0.2) is 0 Å². The van der Waals surface area contributed by atoms with Crippen LogP contribution in [0.1, 0.15) is 24.1 Å². The van der Waals surface area contributed by atoms with Gasteiger partial charge in [0.25, 0.3) is 0 Å². The highest BCUT2D eigenvalue weighted by Crippen LogP contribution is 2.27. The molecule has 0 aliphatic rings. The lowest BCUT2D eigenvalue weighted by molar-refractivity contribution is 0.447. The number of pyridine rings is 1. The lowest BCUT2D eigenvalue weighted by Crippen LogP contribution is -2.13. The van der Waals surface area contributed by atoms with E-state index in [9.17, 15) is 0 Å². The van der Waals surface area contributed by atoms with Crippen LogP contribution in [0.4, 0.5) is 0 Å². The van der Waals surface area contributed by atoms with E-state index in [4.69, 9.17) is 10.00 Å². The Morgan fingerprint density at radius 1 is 1.26 bits per heavy atom. The molecule has 4 heteroatoms. The Morgan fingerprint density at radius 3 is 2.63 bits per heavy atom. The lowest BCUT2D eigenvalue weighted by Gasteiger charge is -2.14. The zero-order chi connectivity index (χ0) is 13.7. The summed E-state index contributed by atoms with van der Waals surface area (Å²) in [7, 11) is 1.89. The van der Waals surface area contributed by atoms with Gasteiger partial charge in [0.2, 0.25) is 5.88 Å². The minimum atomic E-state index is 0.155. The van der Waals surface area contributed by atoms with Gasteiger partial charge in [-0.2, -0.15) is 5.26 Å². The quantitative estimate of drug-likeness (QED) is 0.909. The molecule has 1 aromatic heterocycles. The molecule has 1 heterocycles. The maximum atomic E-state index is 8.76. The van der Waals surface area contributed by atoms with Gasteiger partial charge in [-0.05, 0) is 44.3 Å². The predicted molar refractivity (Wildman–Crippen MR) is 72.9 cm³/mol. The van der Waals surface area contributed by atoms with E-state index in [0.29, 0.717) is 17.2 Å². The summed E-state index contributed by atoms with van der Waals surface area (Å²) in [5.74, 6) is 1.25. The molecule has 1 unspecified atom stereocenters. The Hall–Kier alpha value is -2.38. The van der Waals surface area contributed by atoms with Crippen molar-refractivity contribution in [3.63, 3.8) is 0 Å². The van der Waals surface area contributed by atoms with E-state index in [0.717, 1.165) is 5.56 Å². The van der Waals surface area contributed by atoms with Crippen LogP contribution >= 0.6 is 0 Å². The molecule has 0 saturated heterocycles. The number of aromatic nitrogens is 1. The van der Waals surface area contributed by atoms with Crippen molar-refractivity contribution >= 4 is 0 Å². The van der Waals surface area contributed by atoms with Crippen LogP contribution in [0, 0.1) is 11.3 Å². The van der Waals surface area contributed by atoms with Crippen molar-refractivity contribution in [3.05, 3.63) is 53.7 Å². The van der Waals surface area contributed by atoms with Crippen LogP contribution in [0.2, 0.25) is 0 Å². The number of hydrogen-bond acceptors (Lipinski definition) is 4. The Kier molecular flexibility index (Phi) is 4.11. The fraction of sp³-hybridized carbons (Fsp3) is 0.200. The van der Waals surface area contributed by atoms with Crippen LogP contribution in [-0.4, -0.2) is 12.0 Å². The number of benzene rings is 1. The molecule has 1 N–H and O–H groups in total. The van der Waals surface area contributed by atoms with Crippen molar-refractivity contribution in [1.82, 2.24) is 10.3 Å². The highest BCUT2D eigenvalue weighted by atomic mass is 16.5. The van der Waals surface area contributed by atoms with Crippen LogP contribution in [0.15, 0.2) is 42.6 Å². The van der Waals surface area contributed by atoms with Gasteiger partial charge in [0.05, 0.1) is 11.6 Å². The summed E-state index contributed by atoms with van der Waals surface area (Å²) in [6, 6.07) is 13.1. The highest BCUT2D eigenvalue weighted by molar-refractivity contribution is 5.38. The third-order valence-electron chi connectivity index (χ3n) is 2.90. The molecule has 4 nitrogen and oxygen atoms in total. The molecule has 96 valence electrons. The maximum Gasteiger partial charge on any atom is 0.223 e. The van der Waals surface area contributed by atoms with Gasteiger partial charge in [0, 0.05) is 17.8 Å². The molecule has 0 amide bonds. The lowest BCUT2D eigenvalue weighted by atomic mass is 10.1. The smallest absolute Gasteiger partial charge is 0.223 e. The van der Waals surface area contributed by atoms with Crippen LogP contribution in [0.5, 0.6) is 11.6 Å². The van der Waals surface area contributed by atoms with Crippen molar-refractivity contribution in [2.75, 3.05) is 7.05 Å². The fourth-order valence-electron chi connectivity index (χ4n) is 1.68. The molecule has 0 spiro atoms. The first-order chi connectivity index (χ1) is 9.24. The molecule has 0 bridgehead atoms. The number of hydrogen-bond donors (Lipinski definition) is 1. The van der Waals surface area contributed by atoms with Crippen molar-refractivity contribution in [2.45, 2.75) is 13.0 Å². The largest absolute Gasteiger partial charge is 0.439 e. The molecular weight excluding hydrogens is 238 g/mol. The molecule has 2 rings (SSSR count). The number of nitrogens with zero attached hydrogens (tertiary/aromatic N) is 2. The second kappa shape index (κ2) is 5.98. The molecule has 0 aliphatic carbocycles. The van der Waals surface area contributed by atoms with Gasteiger partial charge in [-0.15, -0.1) is 0 Å². The van der Waals surface area contributed by atoms with Gasteiger partial charge < -0.3 is 10.1 Å². The summed E-state index contributed by atoms with van der Waals surface area (Å²) in [6.45, 7) is 2.04. The molecule has 19 heavy (non-hydrogen) atoms. The average Bonchev–Trinajstić information content (AvgIpc) is 2.48. The minimum Gasteiger partial charge on any atom is -0.439 e. The van der Waals surface area contributed by atoms with Crippen molar-refractivity contribution in [1.29, 1.82) is 5.26 Å². The molecule has 0 fully saturated rings. The van der Waals surface area contributed by atoms with Crippen LogP contribution in [0.25, 0.3) is 0 Å². The zero-order valence-corrected chi connectivity index (χ0v) is 10.9. The number of ether oxygens (including phenoxy) is 1. The van der Waals surface area contributed by atoms with E-state index in [1.54, 1.807) is 30.5 Å². The maximum absolute atomic E-state index is 8.76. The van der Waals surface area contributed by atoms with Gasteiger partial charge in [-0.3, -0.25) is 0 Å². The second-order valence-electron chi connectivity index (χ2n) is 4.15. The summed E-state index contributed by atoms with van der Waals surface area (Å²) in [5, 5.41) is 11.9.